The molecular formula is C10H7ClF3N3S. The lowest BCUT2D eigenvalue weighted by atomic mass is 10.2. The molecule has 1 aromatic carbocycles. The van der Waals surface area contributed by atoms with Crippen LogP contribution in [-0.4, -0.2) is 9.36 Å². The Balaban J connectivity index is 2.11. The number of alkyl halides is 4. The second-order valence-corrected chi connectivity index (χ2v) is 4.40. The molecule has 0 aliphatic rings. The van der Waals surface area contributed by atoms with Crippen LogP contribution in [-0.2, 0) is 12.1 Å². The highest BCUT2D eigenvalue weighted by atomic mass is 35.5. The zero-order valence-electron chi connectivity index (χ0n) is 8.83. The van der Waals surface area contributed by atoms with Crippen LogP contribution in [0.15, 0.2) is 24.3 Å². The Morgan fingerprint density at radius 3 is 2.39 bits per heavy atom. The summed E-state index contributed by atoms with van der Waals surface area (Å²) in [5.41, 5.74) is 1.56. The molecule has 8 heteroatoms. The predicted octanol–water partition coefficient (Wildman–Crippen LogP) is 4.04. The average molecular weight is 294 g/mol. The smallest absolute Gasteiger partial charge is 0.330 e. The van der Waals surface area contributed by atoms with Crippen molar-refractivity contribution in [2.24, 2.45) is 0 Å². The van der Waals surface area contributed by atoms with Crippen LogP contribution in [0.2, 0.25) is 0 Å². The van der Waals surface area contributed by atoms with Gasteiger partial charge in [0.25, 0.3) is 0 Å². The Hall–Kier alpha value is -1.34. The molecular weight excluding hydrogens is 287 g/mol. The van der Waals surface area contributed by atoms with E-state index in [4.69, 9.17) is 11.6 Å². The molecule has 0 unspecified atom stereocenters. The van der Waals surface area contributed by atoms with E-state index in [0.29, 0.717) is 23.1 Å². The third kappa shape index (κ3) is 3.11. The minimum absolute atomic E-state index is 0.0981. The number of halogens is 4. The molecule has 0 fully saturated rings. The third-order valence-electron chi connectivity index (χ3n) is 2.04. The highest BCUT2D eigenvalue weighted by molar-refractivity contribution is 7.09. The van der Waals surface area contributed by atoms with E-state index >= 15 is 0 Å². The van der Waals surface area contributed by atoms with Gasteiger partial charge in [-0.2, -0.15) is 22.5 Å². The number of aromatic nitrogens is 2. The molecule has 0 amide bonds. The van der Waals surface area contributed by atoms with Gasteiger partial charge in [-0.3, -0.25) is 0 Å². The first kappa shape index (κ1) is 13.1. The molecule has 0 saturated carbocycles. The number of hydrogen-bond donors (Lipinski definition) is 1. The van der Waals surface area contributed by atoms with Gasteiger partial charge >= 0.3 is 6.18 Å². The van der Waals surface area contributed by atoms with Crippen LogP contribution in [0.5, 0.6) is 0 Å². The molecule has 0 radical (unpaired) electrons. The fourth-order valence-electron chi connectivity index (χ4n) is 1.19. The normalized spacial score (nSPS) is 11.6. The molecule has 0 aliphatic heterocycles. The van der Waals surface area contributed by atoms with Crippen molar-refractivity contribution >= 4 is 34.0 Å². The van der Waals surface area contributed by atoms with Gasteiger partial charge in [-0.25, -0.2) is 0 Å². The molecule has 1 N–H and O–H groups in total. The Morgan fingerprint density at radius 2 is 1.89 bits per heavy atom. The van der Waals surface area contributed by atoms with Gasteiger partial charge in [-0.05, 0) is 17.7 Å². The van der Waals surface area contributed by atoms with E-state index in [0.717, 1.165) is 5.56 Å². The molecule has 0 atom stereocenters. The van der Waals surface area contributed by atoms with Gasteiger partial charge in [-0.1, -0.05) is 12.1 Å². The van der Waals surface area contributed by atoms with E-state index in [2.05, 4.69) is 14.7 Å². The lowest BCUT2D eigenvalue weighted by Crippen LogP contribution is -2.07. The van der Waals surface area contributed by atoms with Crippen LogP contribution in [0.1, 0.15) is 11.4 Å². The Bertz CT molecular complexity index is 524. The fourth-order valence-corrected chi connectivity index (χ4v) is 1.98. The van der Waals surface area contributed by atoms with Gasteiger partial charge in [0, 0.05) is 23.1 Å². The van der Waals surface area contributed by atoms with Crippen molar-refractivity contribution < 1.29 is 13.2 Å². The van der Waals surface area contributed by atoms with Crippen LogP contribution < -0.4 is 5.32 Å². The van der Waals surface area contributed by atoms with E-state index in [1.807, 2.05) is 0 Å². The van der Waals surface area contributed by atoms with E-state index in [9.17, 15) is 13.2 Å². The Labute approximate surface area is 110 Å². The van der Waals surface area contributed by atoms with E-state index in [1.165, 1.54) is 0 Å². The molecule has 2 rings (SSSR count). The number of nitrogens with zero attached hydrogens (tertiary/aromatic N) is 2. The molecule has 0 spiro atoms. The Kier molecular flexibility index (Phi) is 3.72. The van der Waals surface area contributed by atoms with Gasteiger partial charge in [0.15, 0.2) is 0 Å². The third-order valence-corrected chi connectivity index (χ3v) is 2.98. The van der Waals surface area contributed by atoms with Gasteiger partial charge in [0.1, 0.15) is 0 Å². The monoisotopic (exact) mass is 293 g/mol. The minimum atomic E-state index is -4.51. The molecule has 0 bridgehead atoms. The van der Waals surface area contributed by atoms with E-state index in [-0.39, 0.29) is 5.13 Å². The topological polar surface area (TPSA) is 37.8 Å². The van der Waals surface area contributed by atoms with E-state index in [1.54, 1.807) is 24.3 Å². The highest BCUT2D eigenvalue weighted by Gasteiger charge is 2.36. The van der Waals surface area contributed by atoms with Crippen LogP contribution in [0, 0.1) is 0 Å². The molecule has 18 heavy (non-hydrogen) atoms. The maximum absolute atomic E-state index is 12.3. The summed E-state index contributed by atoms with van der Waals surface area (Å²) in [6.45, 7) is 0. The van der Waals surface area contributed by atoms with Crippen LogP contribution in [0.4, 0.5) is 24.0 Å². The number of anilines is 2. The zero-order valence-corrected chi connectivity index (χ0v) is 10.4. The SMILES string of the molecule is FC(F)(F)c1nsc(Nc2ccc(CCl)cc2)n1. The van der Waals surface area contributed by atoms with Crippen molar-refractivity contribution in [1.82, 2.24) is 9.36 Å². The van der Waals surface area contributed by atoms with Gasteiger partial charge in [0.05, 0.1) is 0 Å². The number of nitrogens with one attached hydrogen (secondary N) is 1. The molecule has 2 aromatic rings. The summed E-state index contributed by atoms with van der Waals surface area (Å²) in [6.07, 6.45) is -4.51. The lowest BCUT2D eigenvalue weighted by molar-refractivity contribution is -0.144. The first-order valence-electron chi connectivity index (χ1n) is 4.82. The van der Waals surface area contributed by atoms with Crippen molar-refractivity contribution in [3.63, 3.8) is 0 Å². The molecule has 1 aromatic heterocycles. The fraction of sp³-hybridized carbons (Fsp3) is 0.200. The van der Waals surface area contributed by atoms with Gasteiger partial charge in [0.2, 0.25) is 11.0 Å². The standard InChI is InChI=1S/C10H7ClF3N3S/c11-5-6-1-3-7(4-2-6)15-9-16-8(17-18-9)10(12,13)14/h1-4H,5H2,(H,15,16,17). The molecule has 3 nitrogen and oxygen atoms in total. The van der Waals surface area contributed by atoms with Gasteiger partial charge < -0.3 is 5.32 Å². The molecule has 0 aliphatic carbocycles. The first-order chi connectivity index (χ1) is 8.49. The average Bonchev–Trinajstić information content (AvgIpc) is 2.78. The van der Waals surface area contributed by atoms with Crippen LogP contribution in [0.3, 0.4) is 0 Å². The van der Waals surface area contributed by atoms with Crippen LogP contribution >= 0.6 is 23.1 Å². The van der Waals surface area contributed by atoms with Crippen molar-refractivity contribution in [2.45, 2.75) is 12.1 Å². The predicted molar refractivity (Wildman–Crippen MR) is 64.2 cm³/mol. The lowest BCUT2D eigenvalue weighted by Gasteiger charge is -2.02. The minimum Gasteiger partial charge on any atom is -0.330 e. The summed E-state index contributed by atoms with van der Waals surface area (Å²) in [5.74, 6) is -0.746. The summed E-state index contributed by atoms with van der Waals surface area (Å²) in [6, 6.07) is 6.99. The van der Waals surface area contributed by atoms with Crippen molar-refractivity contribution in [3.05, 3.63) is 35.7 Å². The summed E-state index contributed by atoms with van der Waals surface area (Å²) >= 11 is 6.29. The number of hydrogen-bond acceptors (Lipinski definition) is 4. The van der Waals surface area contributed by atoms with Crippen molar-refractivity contribution in [1.29, 1.82) is 0 Å². The molecule has 96 valence electrons. The number of benzene rings is 1. The van der Waals surface area contributed by atoms with Gasteiger partial charge in [-0.15, -0.1) is 11.6 Å². The van der Waals surface area contributed by atoms with Crippen LogP contribution in [0.25, 0.3) is 0 Å². The first-order valence-corrected chi connectivity index (χ1v) is 6.12. The van der Waals surface area contributed by atoms with E-state index < -0.39 is 12.0 Å². The summed E-state index contributed by atoms with van der Waals surface area (Å²) in [7, 11) is 0. The largest absolute Gasteiger partial charge is 0.452 e. The summed E-state index contributed by atoms with van der Waals surface area (Å²) in [4.78, 5) is 3.36. The van der Waals surface area contributed by atoms with Crippen molar-refractivity contribution in [3.8, 4) is 0 Å². The molecule has 1 heterocycles. The molecule has 0 saturated heterocycles. The highest BCUT2D eigenvalue weighted by Crippen LogP contribution is 2.30. The second kappa shape index (κ2) is 5.11. The maximum Gasteiger partial charge on any atom is 0.452 e. The second-order valence-electron chi connectivity index (χ2n) is 3.38. The summed E-state index contributed by atoms with van der Waals surface area (Å²) in [5, 5.41) is 2.85. The Morgan fingerprint density at radius 1 is 1.22 bits per heavy atom. The summed E-state index contributed by atoms with van der Waals surface area (Å²) < 4.78 is 40.1. The van der Waals surface area contributed by atoms with Crippen molar-refractivity contribution in [2.75, 3.05) is 5.32 Å². The number of rotatable bonds is 3. The quantitative estimate of drug-likeness (QED) is 0.868. The maximum atomic E-state index is 12.3. The zero-order chi connectivity index (χ0) is 13.2.